The molecule has 0 heterocycles. The van der Waals surface area contributed by atoms with Gasteiger partial charge in [-0.1, -0.05) is 0 Å². The molecule has 0 nitrogen and oxygen atoms in total. The summed E-state index contributed by atoms with van der Waals surface area (Å²) in [6.07, 6.45) is 0. The Bertz CT molecular complexity index is 14.9. The molecule has 0 saturated heterocycles. The van der Waals surface area contributed by atoms with Gasteiger partial charge in [0.25, 0.3) is 0 Å². The topological polar surface area (TPSA) is 0 Å². The number of hydrogen-bond donors (Lipinski definition) is 0. The largest absolute Gasteiger partial charge is 2.00 e. The van der Waals surface area contributed by atoms with Crippen molar-refractivity contribution in [2.24, 2.45) is 0 Å². The predicted molar refractivity (Wildman–Crippen MR) is 21.5 cm³/mol. The van der Waals surface area contributed by atoms with Gasteiger partial charge in [0, 0.05) is 0 Å². The first kappa shape index (κ1) is 31.1. The Balaban J connectivity index is 0. The summed E-state index contributed by atoms with van der Waals surface area (Å²) >= 11 is 0. The van der Waals surface area contributed by atoms with Crippen molar-refractivity contribution in [2.75, 3.05) is 0 Å². The summed E-state index contributed by atoms with van der Waals surface area (Å²) in [7, 11) is 0. The van der Waals surface area contributed by atoms with Crippen molar-refractivity contribution < 1.29 is 27.8 Å². The van der Waals surface area contributed by atoms with Crippen molar-refractivity contribution in [3.8, 4) is 0 Å². The smallest absolute Gasteiger partial charge is 1.00 e. The summed E-state index contributed by atoms with van der Waals surface area (Å²) in [5, 5.41) is 0. The second-order valence-electron chi connectivity index (χ2n) is 0. The Morgan fingerprint density at radius 2 is 1.25 bits per heavy atom. The quantitative estimate of drug-likeness (QED) is 0.306. The molecule has 0 fully saturated rings. The Kier molecular flexibility index (Phi) is 138. The summed E-state index contributed by atoms with van der Waals surface area (Å²) in [4.78, 5) is 0. The van der Waals surface area contributed by atoms with Crippen LogP contribution in [-0.4, -0.2) is 62.8 Å². The van der Waals surface area contributed by atoms with Crippen LogP contribution in [0.4, 0.5) is 4.70 Å². The van der Waals surface area contributed by atoms with Crippen molar-refractivity contribution in [1.29, 1.82) is 0 Å². The van der Waals surface area contributed by atoms with Crippen LogP contribution in [0.5, 0.6) is 0 Å². The molecule has 0 spiro atoms. The second-order valence-corrected chi connectivity index (χ2v) is 0. The molecule has 0 unspecified atom stereocenters. The van der Waals surface area contributed by atoms with Crippen molar-refractivity contribution in [2.45, 2.75) is 0 Å². The molecule has 0 aromatic carbocycles. The predicted octanol–water partition coefficient (Wildman–Crippen LogP) is -4.07. The van der Waals surface area contributed by atoms with Gasteiger partial charge in [-0.3, -0.25) is 4.70 Å². The van der Waals surface area contributed by atoms with E-state index in [0.29, 0.717) is 0 Å². The zero-order chi connectivity index (χ0) is 0. The Morgan fingerprint density at radius 1 is 1.25 bits per heavy atom. The zero-order valence-corrected chi connectivity index (χ0v) is 5.59. The van der Waals surface area contributed by atoms with E-state index in [2.05, 4.69) is 0 Å². The third-order valence-electron chi connectivity index (χ3n) is 0. The maximum atomic E-state index is 0. The van der Waals surface area contributed by atoms with Crippen LogP contribution in [0.25, 0.3) is 0 Å². The fourth-order valence-electron chi connectivity index (χ4n) is 0. The molecule has 0 aromatic rings. The van der Waals surface area contributed by atoms with E-state index in [0.717, 1.165) is 0 Å². The minimum absolute atomic E-state index is 0. The molecule has 20 valence electrons. The first-order valence-corrected chi connectivity index (χ1v) is 0. The van der Waals surface area contributed by atoms with Gasteiger partial charge in [0.05, 0.1) is 0 Å². The molecule has 0 saturated carbocycles. The third-order valence-corrected chi connectivity index (χ3v) is 0. The van der Waals surface area contributed by atoms with E-state index in [1.165, 1.54) is 0 Å². The molecule has 0 aliphatic carbocycles. The Labute approximate surface area is 89.1 Å². The average Bonchev–Trinajstić information content (AvgIpc) is 0. The normalized spacial score (nSPS) is 0. The molecule has 0 aliphatic rings. The van der Waals surface area contributed by atoms with Crippen LogP contribution in [-0.2, 0) is 0 Å². The van der Waals surface area contributed by atoms with Crippen LogP contribution >= 0.6 is 0 Å². The van der Waals surface area contributed by atoms with Gasteiger partial charge < -0.3 is 4.28 Å². The van der Waals surface area contributed by atoms with Crippen molar-refractivity contribution in [3.05, 3.63) is 0 Å². The summed E-state index contributed by atoms with van der Waals surface area (Å²) in [5.41, 5.74) is 0. The molecule has 0 radical (unpaired) electrons. The number of hydrogen-bond acceptors (Lipinski definition) is 0. The summed E-state index contributed by atoms with van der Waals surface area (Å²) < 4.78 is 0. The Morgan fingerprint density at radius 3 is 1.25 bits per heavy atom. The van der Waals surface area contributed by atoms with Crippen molar-refractivity contribution in [1.82, 2.24) is 0 Å². The van der Waals surface area contributed by atoms with Crippen LogP contribution < -0.4 is 18.9 Å². The standard InChI is InChI=1S/Al.FH.Li.Sr.6H/h;1H;;;;;;;;/q;;+1;+2;;;;3*-1. The summed E-state index contributed by atoms with van der Waals surface area (Å²) in [5.74, 6) is 0. The van der Waals surface area contributed by atoms with Crippen LogP contribution in [0.2, 0.25) is 0 Å². The molecule has 0 bridgehead atoms. The maximum absolute atomic E-state index is 0. The van der Waals surface area contributed by atoms with E-state index in [4.69, 9.17) is 0 Å². The van der Waals surface area contributed by atoms with E-state index in [1.807, 2.05) is 0 Å². The molecule has 0 aliphatic heterocycles. The molecule has 4 heteroatoms. The SMILES string of the molecule is F.[AlH3].[H-].[H-].[H-].[Li+].[Sr+2]. The molecule has 0 rings (SSSR count). The third kappa shape index (κ3) is 8.82. The van der Waals surface area contributed by atoms with E-state index in [9.17, 15) is 0 Å². The average molecular weight is 148 g/mol. The summed E-state index contributed by atoms with van der Waals surface area (Å²) in [6, 6.07) is 0. The molecular weight excluding hydrogens is 141 g/mol. The van der Waals surface area contributed by atoms with Crippen LogP contribution in [0.3, 0.4) is 0 Å². The molecular formula is H7AlFLiSr. The van der Waals surface area contributed by atoms with E-state index in [1.54, 1.807) is 0 Å². The molecule has 0 atom stereocenters. The van der Waals surface area contributed by atoms with Gasteiger partial charge in [0.1, 0.15) is 0 Å². The maximum Gasteiger partial charge on any atom is 2.00 e. The number of rotatable bonds is 0. The van der Waals surface area contributed by atoms with Crippen LogP contribution in [0.1, 0.15) is 4.28 Å². The summed E-state index contributed by atoms with van der Waals surface area (Å²) in [6.45, 7) is 0. The Hall–Kier alpha value is 2.54. The fourth-order valence-corrected chi connectivity index (χ4v) is 0. The van der Waals surface area contributed by atoms with Gasteiger partial charge in [0.15, 0.2) is 17.4 Å². The van der Waals surface area contributed by atoms with Gasteiger partial charge >= 0.3 is 64.3 Å². The van der Waals surface area contributed by atoms with Gasteiger partial charge in [0.2, 0.25) is 0 Å². The van der Waals surface area contributed by atoms with Gasteiger partial charge in [-0.25, -0.2) is 0 Å². The molecule has 0 amide bonds. The van der Waals surface area contributed by atoms with Gasteiger partial charge in [-0.05, 0) is 0 Å². The first-order chi connectivity index (χ1) is 0. The number of halogens is 1. The fraction of sp³-hybridized carbons (Fsp3) is 0. The van der Waals surface area contributed by atoms with Crippen molar-refractivity contribution in [3.63, 3.8) is 0 Å². The first-order valence-electron chi connectivity index (χ1n) is 0. The molecule has 4 heavy (non-hydrogen) atoms. The van der Waals surface area contributed by atoms with Crippen LogP contribution in [0.15, 0.2) is 0 Å². The molecule has 0 aromatic heterocycles. The van der Waals surface area contributed by atoms with Crippen LogP contribution in [0, 0.1) is 0 Å². The van der Waals surface area contributed by atoms with Gasteiger partial charge in [-0.2, -0.15) is 0 Å². The minimum Gasteiger partial charge on any atom is -1.00 e. The van der Waals surface area contributed by atoms with Gasteiger partial charge in [-0.15, -0.1) is 0 Å². The zero-order valence-electron chi connectivity index (χ0n) is 5.12. The monoisotopic (exact) mass is 148 g/mol. The molecule has 0 N–H and O–H groups in total. The van der Waals surface area contributed by atoms with Crippen molar-refractivity contribution >= 4 is 62.8 Å². The van der Waals surface area contributed by atoms with E-state index in [-0.39, 0.29) is 90.7 Å². The van der Waals surface area contributed by atoms with E-state index >= 15 is 0 Å². The van der Waals surface area contributed by atoms with E-state index < -0.39 is 0 Å². The minimum atomic E-state index is 0. The second kappa shape index (κ2) is 17.7.